The van der Waals surface area contributed by atoms with Crippen LogP contribution in [0.4, 0.5) is 0 Å². The number of aromatic hydroxyl groups is 1. The number of methoxy groups -OCH3 is 1. The van der Waals surface area contributed by atoms with Crippen LogP contribution in [0.15, 0.2) is 18.2 Å². The Morgan fingerprint density at radius 1 is 1.47 bits per heavy atom. The summed E-state index contributed by atoms with van der Waals surface area (Å²) in [7, 11) is 1.57. The Labute approximate surface area is 114 Å². The van der Waals surface area contributed by atoms with Crippen LogP contribution in [0.25, 0.3) is 0 Å². The quantitative estimate of drug-likeness (QED) is 0.698. The number of carbonyl (C=O) groups excluding carboxylic acids is 1. The fourth-order valence-corrected chi connectivity index (χ4v) is 1.59. The van der Waals surface area contributed by atoms with Crippen LogP contribution in [0.2, 0.25) is 0 Å². The van der Waals surface area contributed by atoms with E-state index in [1.807, 2.05) is 6.92 Å². The Kier molecular flexibility index (Phi) is 6.15. The van der Waals surface area contributed by atoms with Gasteiger partial charge < -0.3 is 20.5 Å². The molecule has 19 heavy (non-hydrogen) atoms. The minimum absolute atomic E-state index is 0.0377. The highest BCUT2D eigenvalue weighted by molar-refractivity contribution is 5.81. The van der Waals surface area contributed by atoms with E-state index in [1.165, 1.54) is 0 Å². The highest BCUT2D eigenvalue weighted by Crippen LogP contribution is 2.22. The molecule has 0 aliphatic carbocycles. The number of phenolic OH excluding ortho intramolecular Hbond substituents is 1. The lowest BCUT2D eigenvalue weighted by molar-refractivity contribution is -0.122. The third kappa shape index (κ3) is 4.79. The van der Waals surface area contributed by atoms with Crippen molar-refractivity contribution in [2.24, 2.45) is 0 Å². The molecule has 0 fully saturated rings. The smallest absolute Gasteiger partial charge is 0.236 e. The molecule has 0 heterocycles. The minimum Gasteiger partial charge on any atom is -0.508 e. The molecule has 0 saturated carbocycles. The minimum atomic E-state index is -0.308. The van der Waals surface area contributed by atoms with Crippen LogP contribution in [0.3, 0.4) is 0 Å². The molecular formula is C14H22N2O3. The van der Waals surface area contributed by atoms with E-state index >= 15 is 0 Å². The Hall–Kier alpha value is -1.75. The molecule has 1 rings (SSSR count). The van der Waals surface area contributed by atoms with Gasteiger partial charge in [-0.25, -0.2) is 0 Å². The Bertz CT molecular complexity index is 421. The van der Waals surface area contributed by atoms with Crippen LogP contribution >= 0.6 is 0 Å². The average Bonchev–Trinajstić information content (AvgIpc) is 2.43. The molecule has 5 nitrogen and oxygen atoms in total. The van der Waals surface area contributed by atoms with Gasteiger partial charge in [-0.3, -0.25) is 4.79 Å². The number of hydrogen-bond acceptors (Lipinski definition) is 4. The van der Waals surface area contributed by atoms with E-state index in [-0.39, 0.29) is 17.7 Å². The molecule has 0 aliphatic rings. The zero-order valence-electron chi connectivity index (χ0n) is 11.7. The summed E-state index contributed by atoms with van der Waals surface area (Å²) in [6.07, 6.45) is 0.912. The lowest BCUT2D eigenvalue weighted by Gasteiger charge is -2.14. The first-order valence-electron chi connectivity index (χ1n) is 6.45. The second-order valence-corrected chi connectivity index (χ2v) is 4.39. The van der Waals surface area contributed by atoms with Gasteiger partial charge in [0.2, 0.25) is 5.91 Å². The van der Waals surface area contributed by atoms with Crippen molar-refractivity contribution >= 4 is 5.91 Å². The summed E-state index contributed by atoms with van der Waals surface area (Å²) in [5.41, 5.74) is 0.703. The number of benzene rings is 1. The predicted molar refractivity (Wildman–Crippen MR) is 74.3 cm³/mol. The normalized spacial score (nSPS) is 11.9. The van der Waals surface area contributed by atoms with Crippen LogP contribution in [0.5, 0.6) is 11.5 Å². The Balaban J connectivity index is 2.54. The van der Waals surface area contributed by atoms with Crippen molar-refractivity contribution in [3.63, 3.8) is 0 Å². The van der Waals surface area contributed by atoms with Gasteiger partial charge in [-0.1, -0.05) is 6.92 Å². The molecule has 1 amide bonds. The number of amides is 1. The number of rotatable bonds is 7. The maximum atomic E-state index is 11.7. The maximum Gasteiger partial charge on any atom is 0.236 e. The van der Waals surface area contributed by atoms with Crippen molar-refractivity contribution in [1.29, 1.82) is 0 Å². The van der Waals surface area contributed by atoms with Crippen LogP contribution in [-0.4, -0.2) is 30.7 Å². The van der Waals surface area contributed by atoms with Gasteiger partial charge in [-0.05, 0) is 31.5 Å². The standard InChI is InChI=1S/C14H22N2O3/c1-4-7-15-14(18)10(2)16-9-11-8-12(19-3)5-6-13(11)17/h5-6,8,10,16-17H,4,7,9H2,1-3H3,(H,15,18). The van der Waals surface area contributed by atoms with E-state index in [0.29, 0.717) is 24.4 Å². The monoisotopic (exact) mass is 266 g/mol. The molecule has 1 atom stereocenters. The summed E-state index contributed by atoms with van der Waals surface area (Å²) in [6, 6.07) is 4.71. The van der Waals surface area contributed by atoms with Gasteiger partial charge in [-0.15, -0.1) is 0 Å². The van der Waals surface area contributed by atoms with Crippen LogP contribution in [0, 0.1) is 0 Å². The van der Waals surface area contributed by atoms with E-state index in [4.69, 9.17) is 4.74 Å². The first kappa shape index (κ1) is 15.3. The molecule has 0 aliphatic heterocycles. The highest BCUT2D eigenvalue weighted by Gasteiger charge is 2.12. The number of carbonyl (C=O) groups is 1. The maximum absolute atomic E-state index is 11.7. The zero-order chi connectivity index (χ0) is 14.3. The van der Waals surface area contributed by atoms with Gasteiger partial charge in [0.1, 0.15) is 11.5 Å². The molecule has 106 valence electrons. The molecule has 0 aromatic heterocycles. The number of phenols is 1. The van der Waals surface area contributed by atoms with Crippen molar-refractivity contribution < 1.29 is 14.6 Å². The molecule has 1 aromatic carbocycles. The second kappa shape index (κ2) is 7.63. The molecule has 1 unspecified atom stereocenters. The van der Waals surface area contributed by atoms with E-state index in [0.717, 1.165) is 6.42 Å². The average molecular weight is 266 g/mol. The topological polar surface area (TPSA) is 70.6 Å². The number of ether oxygens (including phenoxy) is 1. The van der Waals surface area contributed by atoms with E-state index < -0.39 is 0 Å². The van der Waals surface area contributed by atoms with Crippen molar-refractivity contribution in [3.05, 3.63) is 23.8 Å². The summed E-state index contributed by atoms with van der Waals surface area (Å²) in [4.78, 5) is 11.7. The summed E-state index contributed by atoms with van der Waals surface area (Å²) >= 11 is 0. The Morgan fingerprint density at radius 3 is 2.84 bits per heavy atom. The van der Waals surface area contributed by atoms with Gasteiger partial charge >= 0.3 is 0 Å². The largest absolute Gasteiger partial charge is 0.508 e. The van der Waals surface area contributed by atoms with Crippen LogP contribution in [-0.2, 0) is 11.3 Å². The molecule has 5 heteroatoms. The molecule has 0 saturated heterocycles. The van der Waals surface area contributed by atoms with Gasteiger partial charge in [0, 0.05) is 18.7 Å². The SMILES string of the molecule is CCCNC(=O)C(C)NCc1cc(OC)ccc1O. The van der Waals surface area contributed by atoms with Crippen molar-refractivity contribution in [1.82, 2.24) is 10.6 Å². The molecule has 3 N–H and O–H groups in total. The second-order valence-electron chi connectivity index (χ2n) is 4.39. The first-order valence-corrected chi connectivity index (χ1v) is 6.45. The van der Waals surface area contributed by atoms with E-state index in [1.54, 1.807) is 32.2 Å². The number of nitrogens with one attached hydrogen (secondary N) is 2. The van der Waals surface area contributed by atoms with Crippen LogP contribution < -0.4 is 15.4 Å². The number of hydrogen-bond donors (Lipinski definition) is 3. The lowest BCUT2D eigenvalue weighted by atomic mass is 10.1. The van der Waals surface area contributed by atoms with Crippen molar-refractivity contribution in [3.8, 4) is 11.5 Å². The summed E-state index contributed by atoms with van der Waals surface area (Å²) < 4.78 is 5.10. The molecular weight excluding hydrogens is 244 g/mol. The van der Waals surface area contributed by atoms with Crippen LogP contribution in [0.1, 0.15) is 25.8 Å². The molecule has 0 bridgehead atoms. The van der Waals surface area contributed by atoms with Gasteiger partial charge in [0.25, 0.3) is 0 Å². The van der Waals surface area contributed by atoms with Crippen molar-refractivity contribution in [2.45, 2.75) is 32.9 Å². The third-order valence-corrected chi connectivity index (χ3v) is 2.83. The fraction of sp³-hybridized carbons (Fsp3) is 0.500. The third-order valence-electron chi connectivity index (χ3n) is 2.83. The molecule has 1 aromatic rings. The summed E-state index contributed by atoms with van der Waals surface area (Å²) in [6.45, 7) is 4.88. The van der Waals surface area contributed by atoms with E-state index in [9.17, 15) is 9.90 Å². The van der Waals surface area contributed by atoms with Gasteiger partial charge in [0.05, 0.1) is 13.2 Å². The summed E-state index contributed by atoms with van der Waals surface area (Å²) in [5, 5.41) is 15.6. The zero-order valence-corrected chi connectivity index (χ0v) is 11.7. The fourth-order valence-electron chi connectivity index (χ4n) is 1.59. The van der Waals surface area contributed by atoms with Gasteiger partial charge in [0.15, 0.2) is 0 Å². The lowest BCUT2D eigenvalue weighted by Crippen LogP contribution is -2.42. The Morgan fingerprint density at radius 2 is 2.21 bits per heavy atom. The first-order chi connectivity index (χ1) is 9.08. The summed E-state index contributed by atoms with van der Waals surface area (Å²) in [5.74, 6) is 0.830. The predicted octanol–water partition coefficient (Wildman–Crippen LogP) is 1.41. The highest BCUT2D eigenvalue weighted by atomic mass is 16.5. The van der Waals surface area contributed by atoms with E-state index in [2.05, 4.69) is 10.6 Å². The molecule has 0 radical (unpaired) electrons. The van der Waals surface area contributed by atoms with Crippen molar-refractivity contribution in [2.75, 3.05) is 13.7 Å². The van der Waals surface area contributed by atoms with Gasteiger partial charge in [-0.2, -0.15) is 0 Å². The molecule has 0 spiro atoms.